The van der Waals surface area contributed by atoms with Gasteiger partial charge in [0.15, 0.2) is 0 Å². The molecule has 0 atom stereocenters. The lowest BCUT2D eigenvalue weighted by molar-refractivity contribution is -0.132. The number of nitriles is 1. The number of thiophene rings is 1. The second-order valence-corrected chi connectivity index (χ2v) is 12.8. The van der Waals surface area contributed by atoms with E-state index in [1.807, 2.05) is 12.1 Å². The van der Waals surface area contributed by atoms with E-state index in [2.05, 4.69) is 69.0 Å². The van der Waals surface area contributed by atoms with Gasteiger partial charge in [-0.05, 0) is 89.9 Å². The van der Waals surface area contributed by atoms with Crippen molar-refractivity contribution < 1.29 is 9.90 Å². The summed E-state index contributed by atoms with van der Waals surface area (Å²) in [5, 5.41) is 18.5. The maximum atomic E-state index is 11.4. The Morgan fingerprint density at radius 3 is 2.02 bits per heavy atom. The molecular formula is C37H46N2O2S. The van der Waals surface area contributed by atoms with Crippen LogP contribution in [-0.2, 0) is 10.2 Å². The zero-order valence-corrected chi connectivity index (χ0v) is 26.7. The lowest BCUT2D eigenvalue weighted by Crippen LogP contribution is -2.28. The number of carboxylic acid groups (broad SMARTS) is 1. The number of benzene rings is 2. The Labute approximate surface area is 256 Å². The molecule has 5 heteroatoms. The first kappa shape index (κ1) is 31.6. The molecule has 0 amide bonds. The van der Waals surface area contributed by atoms with E-state index in [0.717, 1.165) is 41.2 Å². The van der Waals surface area contributed by atoms with E-state index < -0.39 is 5.97 Å². The van der Waals surface area contributed by atoms with Gasteiger partial charge in [0.05, 0.1) is 0 Å². The molecule has 1 aliphatic carbocycles. The highest BCUT2D eigenvalue weighted by Crippen LogP contribution is 2.55. The first-order valence-corrected chi connectivity index (χ1v) is 16.7. The van der Waals surface area contributed by atoms with Crippen LogP contribution >= 0.6 is 11.3 Å². The van der Waals surface area contributed by atoms with Gasteiger partial charge in [0.2, 0.25) is 0 Å². The van der Waals surface area contributed by atoms with E-state index in [9.17, 15) is 15.2 Å². The van der Waals surface area contributed by atoms with Gasteiger partial charge < -0.3 is 10.0 Å². The molecule has 1 aromatic heterocycles. The number of unbranched alkanes of at least 4 members (excludes halogenated alkanes) is 4. The monoisotopic (exact) mass is 582 g/mol. The Morgan fingerprint density at radius 2 is 1.45 bits per heavy atom. The van der Waals surface area contributed by atoms with Gasteiger partial charge in [0, 0.05) is 33.9 Å². The van der Waals surface area contributed by atoms with Crippen molar-refractivity contribution in [3.05, 3.63) is 70.1 Å². The fourth-order valence-corrected chi connectivity index (χ4v) is 7.34. The Morgan fingerprint density at radius 1 is 0.857 bits per heavy atom. The molecule has 1 heterocycles. The van der Waals surface area contributed by atoms with Crippen molar-refractivity contribution in [1.82, 2.24) is 0 Å². The van der Waals surface area contributed by atoms with Crippen LogP contribution in [0.2, 0.25) is 0 Å². The molecule has 4 nitrogen and oxygen atoms in total. The summed E-state index contributed by atoms with van der Waals surface area (Å²) < 4.78 is 0. The summed E-state index contributed by atoms with van der Waals surface area (Å²) in [6.45, 7) is 11.3. The number of aliphatic carboxylic acids is 1. The van der Waals surface area contributed by atoms with Crippen molar-refractivity contribution in [2.24, 2.45) is 0 Å². The van der Waals surface area contributed by atoms with Crippen molar-refractivity contribution in [2.45, 2.75) is 97.3 Å². The van der Waals surface area contributed by atoms with Gasteiger partial charge in [0.1, 0.15) is 11.6 Å². The average molecular weight is 583 g/mol. The predicted octanol–water partition coefficient (Wildman–Crippen LogP) is 10.5. The molecule has 222 valence electrons. The molecule has 1 aliphatic rings. The number of fused-ring (bicyclic) bond motifs is 3. The van der Waals surface area contributed by atoms with Crippen LogP contribution in [-0.4, -0.2) is 24.2 Å². The Hall–Kier alpha value is -3.36. The minimum Gasteiger partial charge on any atom is -0.477 e. The summed E-state index contributed by atoms with van der Waals surface area (Å²) in [7, 11) is 0. The van der Waals surface area contributed by atoms with Crippen molar-refractivity contribution in [1.29, 1.82) is 5.26 Å². The summed E-state index contributed by atoms with van der Waals surface area (Å²) in [6, 6.07) is 20.0. The van der Waals surface area contributed by atoms with Crippen LogP contribution in [0.3, 0.4) is 0 Å². The standard InChI is InChI=1S/C37H46N2O2S/c1-5-9-19-37(20-10-6-2)33-24-27(35-18-15-30(42-35)23-28(26-38)36(40)41)13-16-31(33)32-17-14-29(25-34(32)37)39(21-11-7-3)22-12-8-4/h13-18,23-25H,5-12,19-22H2,1-4H3,(H,40,41)/b28-23-. The number of hydrogen-bond acceptors (Lipinski definition) is 4. The zero-order valence-electron chi connectivity index (χ0n) is 25.8. The maximum absolute atomic E-state index is 11.4. The van der Waals surface area contributed by atoms with Crippen LogP contribution in [0, 0.1) is 11.3 Å². The summed E-state index contributed by atoms with van der Waals surface area (Å²) in [4.78, 5) is 15.9. The molecule has 42 heavy (non-hydrogen) atoms. The molecule has 0 bridgehead atoms. The van der Waals surface area contributed by atoms with Gasteiger partial charge >= 0.3 is 5.97 Å². The van der Waals surface area contributed by atoms with Gasteiger partial charge in [-0.1, -0.05) is 84.4 Å². The van der Waals surface area contributed by atoms with Crippen molar-refractivity contribution in [3.63, 3.8) is 0 Å². The Balaban J connectivity index is 1.83. The molecule has 0 saturated heterocycles. The van der Waals surface area contributed by atoms with Crippen LogP contribution in [0.5, 0.6) is 0 Å². The quantitative estimate of drug-likeness (QED) is 0.135. The summed E-state index contributed by atoms with van der Waals surface area (Å²) >= 11 is 1.54. The van der Waals surface area contributed by atoms with Gasteiger partial charge in [-0.15, -0.1) is 11.3 Å². The molecule has 0 fully saturated rings. The van der Waals surface area contributed by atoms with Gasteiger partial charge in [0.25, 0.3) is 0 Å². The van der Waals surface area contributed by atoms with Crippen LogP contribution in [0.1, 0.15) is 108 Å². The first-order valence-electron chi connectivity index (χ1n) is 15.9. The van der Waals surface area contributed by atoms with Crippen molar-refractivity contribution in [2.75, 3.05) is 18.0 Å². The largest absolute Gasteiger partial charge is 0.477 e. The third kappa shape index (κ3) is 6.65. The molecule has 0 saturated carbocycles. The van der Waals surface area contributed by atoms with Crippen LogP contribution in [0.25, 0.3) is 27.6 Å². The molecular weight excluding hydrogens is 536 g/mol. The molecule has 3 aromatic rings. The van der Waals surface area contributed by atoms with E-state index in [4.69, 9.17) is 0 Å². The average Bonchev–Trinajstić information content (AvgIpc) is 3.58. The molecule has 2 aromatic carbocycles. The SMILES string of the molecule is CCCCN(CCCC)c1ccc2c(c1)C(CCCC)(CCCC)c1cc(-c3ccc(/C=C(/C#N)C(=O)O)s3)ccc1-2. The lowest BCUT2D eigenvalue weighted by Gasteiger charge is -2.34. The maximum Gasteiger partial charge on any atom is 0.346 e. The minimum absolute atomic E-state index is 0.0127. The number of carboxylic acids is 1. The zero-order chi connectivity index (χ0) is 30.1. The molecule has 1 N–H and O–H groups in total. The summed E-state index contributed by atoms with van der Waals surface area (Å²) in [5.74, 6) is -1.19. The van der Waals surface area contributed by atoms with Crippen molar-refractivity contribution >= 4 is 29.1 Å². The highest BCUT2D eigenvalue weighted by Gasteiger charge is 2.42. The second kappa shape index (κ2) is 14.7. The number of rotatable bonds is 16. The second-order valence-electron chi connectivity index (χ2n) is 11.7. The van der Waals surface area contributed by atoms with Crippen LogP contribution in [0.15, 0.2) is 54.1 Å². The predicted molar refractivity (Wildman–Crippen MR) is 178 cm³/mol. The van der Waals surface area contributed by atoms with E-state index in [0.29, 0.717) is 0 Å². The Kier molecular flexibility index (Phi) is 11.0. The normalized spacial score (nSPS) is 13.5. The smallest absolute Gasteiger partial charge is 0.346 e. The third-order valence-electron chi connectivity index (χ3n) is 8.74. The van der Waals surface area contributed by atoms with Gasteiger partial charge in [-0.2, -0.15) is 5.26 Å². The topological polar surface area (TPSA) is 64.3 Å². The van der Waals surface area contributed by atoms with Crippen molar-refractivity contribution in [3.8, 4) is 27.6 Å². The van der Waals surface area contributed by atoms with E-state index in [1.54, 1.807) is 6.07 Å². The fraction of sp³-hybridized carbons (Fsp3) is 0.459. The number of nitrogens with zero attached hydrogens (tertiary/aromatic N) is 2. The summed E-state index contributed by atoms with van der Waals surface area (Å²) in [5.41, 5.74) is 7.95. The first-order chi connectivity index (χ1) is 20.4. The number of anilines is 1. The molecule has 0 aliphatic heterocycles. The van der Waals surface area contributed by atoms with E-state index >= 15 is 0 Å². The summed E-state index contributed by atoms with van der Waals surface area (Å²) in [6.07, 6.45) is 13.3. The number of carbonyl (C=O) groups is 1. The van der Waals surface area contributed by atoms with Crippen LogP contribution < -0.4 is 4.90 Å². The van der Waals surface area contributed by atoms with Gasteiger partial charge in [-0.3, -0.25) is 0 Å². The molecule has 0 radical (unpaired) electrons. The fourth-order valence-electron chi connectivity index (χ4n) is 6.39. The highest BCUT2D eigenvalue weighted by molar-refractivity contribution is 7.16. The van der Waals surface area contributed by atoms with Crippen LogP contribution in [0.4, 0.5) is 5.69 Å². The van der Waals surface area contributed by atoms with E-state index in [1.165, 1.54) is 96.7 Å². The molecule has 4 rings (SSSR count). The molecule has 0 spiro atoms. The Bertz CT molecular complexity index is 1430. The minimum atomic E-state index is -1.19. The third-order valence-corrected chi connectivity index (χ3v) is 9.82. The number of hydrogen-bond donors (Lipinski definition) is 1. The van der Waals surface area contributed by atoms with Gasteiger partial charge in [-0.25, -0.2) is 4.79 Å². The lowest BCUT2D eigenvalue weighted by atomic mass is 9.70. The van der Waals surface area contributed by atoms with E-state index in [-0.39, 0.29) is 11.0 Å². The molecule has 0 unspecified atom stereocenters. The highest BCUT2D eigenvalue weighted by atomic mass is 32.1.